The van der Waals surface area contributed by atoms with E-state index in [1.165, 1.54) is 12.8 Å². The second-order valence-electron chi connectivity index (χ2n) is 5.98. The molecule has 1 aliphatic carbocycles. The molecule has 1 fully saturated rings. The van der Waals surface area contributed by atoms with E-state index in [0.29, 0.717) is 11.6 Å². The molecule has 19 heavy (non-hydrogen) atoms. The lowest BCUT2D eigenvalue weighted by Gasteiger charge is -2.45. The molecule has 1 atom stereocenters. The summed E-state index contributed by atoms with van der Waals surface area (Å²) in [6.45, 7) is 2.42. The van der Waals surface area contributed by atoms with Gasteiger partial charge in [-0.3, -0.25) is 0 Å². The van der Waals surface area contributed by atoms with Gasteiger partial charge in [0.15, 0.2) is 0 Å². The van der Waals surface area contributed by atoms with Gasteiger partial charge < -0.3 is 10.8 Å². The summed E-state index contributed by atoms with van der Waals surface area (Å²) in [6.07, 6.45) is 6.76. The smallest absolute Gasteiger partial charge is 0.0937 e. The van der Waals surface area contributed by atoms with Crippen LogP contribution in [-0.4, -0.2) is 11.7 Å². The molecule has 106 valence electrons. The van der Waals surface area contributed by atoms with Crippen molar-refractivity contribution >= 4 is 11.6 Å². The zero-order valence-electron chi connectivity index (χ0n) is 11.7. The fourth-order valence-electron chi connectivity index (χ4n) is 3.39. The lowest BCUT2D eigenvalue weighted by Crippen LogP contribution is -2.48. The van der Waals surface area contributed by atoms with E-state index in [-0.39, 0.29) is 5.41 Å². The lowest BCUT2D eigenvalue weighted by atomic mass is 9.65. The van der Waals surface area contributed by atoms with Crippen molar-refractivity contribution in [2.45, 2.75) is 51.0 Å². The molecule has 1 aromatic carbocycles. The van der Waals surface area contributed by atoms with Crippen molar-refractivity contribution in [3.8, 4) is 0 Å². The van der Waals surface area contributed by atoms with Gasteiger partial charge in [-0.15, -0.1) is 0 Å². The molecule has 2 rings (SSSR count). The first-order chi connectivity index (χ1) is 9.02. The third kappa shape index (κ3) is 2.81. The van der Waals surface area contributed by atoms with Crippen LogP contribution in [0.25, 0.3) is 0 Å². The van der Waals surface area contributed by atoms with Gasteiger partial charge in [0.25, 0.3) is 0 Å². The highest BCUT2D eigenvalue weighted by atomic mass is 35.5. The van der Waals surface area contributed by atoms with Crippen LogP contribution in [0, 0.1) is 5.41 Å². The normalized spacial score (nSPS) is 22.5. The van der Waals surface area contributed by atoms with Crippen LogP contribution in [0.4, 0.5) is 0 Å². The number of halogens is 1. The zero-order chi connectivity index (χ0) is 13.9. The maximum absolute atomic E-state index is 11.2. The average Bonchev–Trinajstić information content (AvgIpc) is 2.65. The molecule has 0 heterocycles. The third-order valence-corrected chi connectivity index (χ3v) is 5.11. The van der Waals surface area contributed by atoms with E-state index in [0.717, 1.165) is 31.2 Å². The second-order valence-corrected chi connectivity index (χ2v) is 6.42. The van der Waals surface area contributed by atoms with Crippen LogP contribution < -0.4 is 5.73 Å². The molecule has 0 radical (unpaired) electrons. The number of benzene rings is 1. The molecule has 1 aromatic rings. The highest BCUT2D eigenvalue weighted by Crippen LogP contribution is 2.48. The summed E-state index contributed by atoms with van der Waals surface area (Å²) in [5, 5.41) is 11.8. The SMILES string of the molecule is CC(O)(c1cccc(Cl)c1)C1(CN)CCCCCC1. The summed E-state index contributed by atoms with van der Waals surface area (Å²) in [5.41, 5.74) is 5.81. The predicted molar refractivity (Wildman–Crippen MR) is 80.2 cm³/mol. The molecule has 0 aliphatic heterocycles. The fraction of sp³-hybridized carbons (Fsp3) is 0.625. The minimum atomic E-state index is -0.920. The summed E-state index contributed by atoms with van der Waals surface area (Å²) in [7, 11) is 0. The maximum Gasteiger partial charge on any atom is 0.0937 e. The van der Waals surface area contributed by atoms with Gasteiger partial charge in [0, 0.05) is 17.0 Å². The Morgan fingerprint density at radius 1 is 1.26 bits per heavy atom. The minimum absolute atomic E-state index is 0.228. The Kier molecular flexibility index (Phi) is 4.54. The number of hydrogen-bond donors (Lipinski definition) is 2. The average molecular weight is 282 g/mol. The first-order valence-electron chi connectivity index (χ1n) is 7.20. The Balaban J connectivity index is 2.39. The van der Waals surface area contributed by atoms with Crippen molar-refractivity contribution in [2.24, 2.45) is 11.1 Å². The first-order valence-corrected chi connectivity index (χ1v) is 7.58. The lowest BCUT2D eigenvalue weighted by molar-refractivity contribution is -0.0814. The van der Waals surface area contributed by atoms with E-state index in [9.17, 15) is 5.11 Å². The Morgan fingerprint density at radius 2 is 1.89 bits per heavy atom. The Morgan fingerprint density at radius 3 is 2.42 bits per heavy atom. The van der Waals surface area contributed by atoms with Crippen molar-refractivity contribution in [2.75, 3.05) is 6.54 Å². The molecule has 2 nitrogen and oxygen atoms in total. The number of aliphatic hydroxyl groups is 1. The quantitative estimate of drug-likeness (QED) is 0.827. The van der Waals surface area contributed by atoms with Crippen LogP contribution in [0.3, 0.4) is 0 Å². The number of hydrogen-bond acceptors (Lipinski definition) is 2. The maximum atomic E-state index is 11.2. The molecule has 3 heteroatoms. The summed E-state index contributed by atoms with van der Waals surface area (Å²) >= 11 is 6.07. The van der Waals surface area contributed by atoms with E-state index in [4.69, 9.17) is 17.3 Å². The monoisotopic (exact) mass is 281 g/mol. The van der Waals surface area contributed by atoms with Crippen LogP contribution in [-0.2, 0) is 5.60 Å². The number of rotatable bonds is 3. The Labute approximate surface area is 121 Å². The standard InChI is InChI=1S/C16H24ClNO/c1-15(19,13-7-6-8-14(17)11-13)16(12-18)9-4-2-3-5-10-16/h6-8,11,19H,2-5,9-10,12,18H2,1H3. The number of nitrogens with two attached hydrogens (primary N) is 1. The summed E-state index contributed by atoms with van der Waals surface area (Å²) in [5.74, 6) is 0. The van der Waals surface area contributed by atoms with Crippen LogP contribution in [0.5, 0.6) is 0 Å². The summed E-state index contributed by atoms with van der Waals surface area (Å²) in [4.78, 5) is 0. The summed E-state index contributed by atoms with van der Waals surface area (Å²) < 4.78 is 0. The van der Waals surface area contributed by atoms with Crippen molar-refractivity contribution in [3.05, 3.63) is 34.9 Å². The molecule has 0 aromatic heterocycles. The molecule has 1 unspecified atom stereocenters. The van der Waals surface area contributed by atoms with E-state index >= 15 is 0 Å². The summed E-state index contributed by atoms with van der Waals surface area (Å²) in [6, 6.07) is 7.55. The van der Waals surface area contributed by atoms with Crippen molar-refractivity contribution in [3.63, 3.8) is 0 Å². The van der Waals surface area contributed by atoms with Gasteiger partial charge in [-0.1, -0.05) is 49.4 Å². The third-order valence-electron chi connectivity index (χ3n) is 4.87. The van der Waals surface area contributed by atoms with Gasteiger partial charge in [-0.25, -0.2) is 0 Å². The molecule has 0 bridgehead atoms. The minimum Gasteiger partial charge on any atom is -0.385 e. The van der Waals surface area contributed by atoms with Crippen LogP contribution in [0.2, 0.25) is 5.02 Å². The largest absolute Gasteiger partial charge is 0.385 e. The Bertz CT molecular complexity index is 423. The van der Waals surface area contributed by atoms with Gasteiger partial charge in [0.1, 0.15) is 0 Å². The second kappa shape index (κ2) is 5.82. The van der Waals surface area contributed by atoms with E-state index in [1.54, 1.807) is 0 Å². The highest BCUT2D eigenvalue weighted by molar-refractivity contribution is 6.30. The topological polar surface area (TPSA) is 46.2 Å². The van der Waals surface area contributed by atoms with Crippen molar-refractivity contribution in [1.29, 1.82) is 0 Å². The molecule has 1 aliphatic rings. The van der Waals surface area contributed by atoms with Gasteiger partial charge in [-0.2, -0.15) is 0 Å². The molecule has 1 saturated carbocycles. The molecule has 0 amide bonds. The van der Waals surface area contributed by atoms with Crippen LogP contribution in [0.15, 0.2) is 24.3 Å². The van der Waals surface area contributed by atoms with Gasteiger partial charge in [0.05, 0.1) is 5.60 Å². The van der Waals surface area contributed by atoms with Gasteiger partial charge in [0.2, 0.25) is 0 Å². The van der Waals surface area contributed by atoms with Gasteiger partial charge >= 0.3 is 0 Å². The van der Waals surface area contributed by atoms with E-state index < -0.39 is 5.60 Å². The van der Waals surface area contributed by atoms with E-state index in [2.05, 4.69) is 0 Å². The zero-order valence-corrected chi connectivity index (χ0v) is 12.4. The fourth-order valence-corrected chi connectivity index (χ4v) is 3.58. The molecule has 3 N–H and O–H groups in total. The molecular weight excluding hydrogens is 258 g/mol. The van der Waals surface area contributed by atoms with E-state index in [1.807, 2.05) is 31.2 Å². The predicted octanol–water partition coefficient (Wildman–Crippen LogP) is 3.85. The van der Waals surface area contributed by atoms with Crippen LogP contribution >= 0.6 is 11.6 Å². The highest BCUT2D eigenvalue weighted by Gasteiger charge is 2.46. The molecule has 0 spiro atoms. The van der Waals surface area contributed by atoms with Gasteiger partial charge in [-0.05, 0) is 37.5 Å². The Hall–Kier alpha value is -0.570. The van der Waals surface area contributed by atoms with Crippen molar-refractivity contribution < 1.29 is 5.11 Å². The first kappa shape index (κ1) is 14.8. The van der Waals surface area contributed by atoms with Crippen molar-refractivity contribution in [1.82, 2.24) is 0 Å². The van der Waals surface area contributed by atoms with Crippen LogP contribution in [0.1, 0.15) is 51.0 Å². The molecular formula is C16H24ClNO. The molecule has 0 saturated heterocycles.